The fourth-order valence-electron chi connectivity index (χ4n) is 2.47. The second-order valence-electron chi connectivity index (χ2n) is 4.83. The molecule has 0 amide bonds. The SMILES string of the molecule is C=CCOCCc1cccc2sc3ccccc3c(=S)c12. The molecular formula is C18H16OS2. The number of hydrogen-bond donors (Lipinski definition) is 0. The summed E-state index contributed by atoms with van der Waals surface area (Å²) in [6, 6.07) is 14.8. The fourth-order valence-corrected chi connectivity index (χ4v) is 4.17. The Morgan fingerprint density at radius 3 is 2.76 bits per heavy atom. The Kier molecular flexibility index (Phi) is 4.44. The summed E-state index contributed by atoms with van der Waals surface area (Å²) in [5, 5.41) is 2.38. The Balaban J connectivity index is 2.11. The molecule has 0 unspecified atom stereocenters. The zero-order chi connectivity index (χ0) is 14.7. The first-order chi connectivity index (χ1) is 10.3. The van der Waals surface area contributed by atoms with Crippen LogP contribution in [0.1, 0.15) is 5.56 Å². The molecule has 106 valence electrons. The lowest BCUT2D eigenvalue weighted by Crippen LogP contribution is -1.99. The van der Waals surface area contributed by atoms with E-state index in [0.29, 0.717) is 13.2 Å². The van der Waals surface area contributed by atoms with E-state index in [0.717, 1.165) is 10.9 Å². The van der Waals surface area contributed by atoms with Gasteiger partial charge in [-0.15, -0.1) is 17.9 Å². The molecule has 0 saturated heterocycles. The highest BCUT2D eigenvalue weighted by Gasteiger charge is 2.07. The number of benzene rings is 2. The van der Waals surface area contributed by atoms with Crippen molar-refractivity contribution < 1.29 is 4.74 Å². The Morgan fingerprint density at radius 1 is 1.10 bits per heavy atom. The monoisotopic (exact) mass is 312 g/mol. The van der Waals surface area contributed by atoms with Crippen LogP contribution in [0.5, 0.6) is 0 Å². The molecule has 3 heteroatoms. The first kappa shape index (κ1) is 14.4. The summed E-state index contributed by atoms with van der Waals surface area (Å²) in [7, 11) is 0. The van der Waals surface area contributed by atoms with Gasteiger partial charge >= 0.3 is 0 Å². The Hall–Kier alpha value is -1.55. The minimum Gasteiger partial charge on any atom is -0.377 e. The van der Waals surface area contributed by atoms with E-state index in [1.54, 1.807) is 17.4 Å². The van der Waals surface area contributed by atoms with Crippen molar-refractivity contribution in [1.29, 1.82) is 0 Å². The van der Waals surface area contributed by atoms with Crippen molar-refractivity contribution in [3.05, 3.63) is 65.2 Å². The van der Waals surface area contributed by atoms with Crippen LogP contribution in [0.2, 0.25) is 0 Å². The zero-order valence-corrected chi connectivity index (χ0v) is 13.3. The lowest BCUT2D eigenvalue weighted by Gasteiger charge is -2.08. The molecule has 0 radical (unpaired) electrons. The molecule has 1 heterocycles. The van der Waals surface area contributed by atoms with Gasteiger partial charge in [0.05, 0.1) is 17.7 Å². The number of fused-ring (bicyclic) bond motifs is 2. The predicted octanol–water partition coefficient (Wildman–Crippen LogP) is 5.53. The van der Waals surface area contributed by atoms with E-state index in [1.165, 1.54) is 25.7 Å². The standard InChI is InChI=1S/C18H16OS2/c1-2-11-19-12-10-13-6-5-9-16-17(13)18(20)14-7-3-4-8-15(14)21-16/h2-9H,1,10-12H2. The maximum absolute atomic E-state index is 5.73. The van der Waals surface area contributed by atoms with E-state index in [2.05, 4.69) is 43.0 Å². The van der Waals surface area contributed by atoms with Crippen LogP contribution >= 0.6 is 23.6 Å². The first-order valence-corrected chi connectivity index (χ1v) is 8.16. The van der Waals surface area contributed by atoms with E-state index < -0.39 is 0 Å². The third-order valence-electron chi connectivity index (χ3n) is 3.44. The molecule has 0 fully saturated rings. The maximum Gasteiger partial charge on any atom is 0.0644 e. The van der Waals surface area contributed by atoms with Gasteiger partial charge in [0.1, 0.15) is 0 Å². The summed E-state index contributed by atoms with van der Waals surface area (Å²) in [5.41, 5.74) is 1.27. The average molecular weight is 312 g/mol. The molecule has 0 atom stereocenters. The molecule has 0 saturated carbocycles. The van der Waals surface area contributed by atoms with Gasteiger partial charge in [0.25, 0.3) is 0 Å². The molecule has 0 aliphatic rings. The Morgan fingerprint density at radius 2 is 1.90 bits per heavy atom. The second-order valence-corrected chi connectivity index (χ2v) is 6.32. The highest BCUT2D eigenvalue weighted by Crippen LogP contribution is 2.32. The minimum atomic E-state index is 0.594. The first-order valence-electron chi connectivity index (χ1n) is 6.93. The molecular weight excluding hydrogens is 296 g/mol. The van der Waals surface area contributed by atoms with Gasteiger partial charge in [-0.2, -0.15) is 0 Å². The van der Waals surface area contributed by atoms with E-state index in [4.69, 9.17) is 17.0 Å². The van der Waals surface area contributed by atoms with Crippen molar-refractivity contribution in [2.45, 2.75) is 6.42 Å². The van der Waals surface area contributed by atoms with Crippen LogP contribution in [-0.2, 0) is 11.2 Å². The molecule has 1 nitrogen and oxygen atoms in total. The molecule has 0 spiro atoms. The van der Waals surface area contributed by atoms with E-state index in [1.807, 2.05) is 6.07 Å². The quantitative estimate of drug-likeness (QED) is 0.265. The number of hydrogen-bond acceptors (Lipinski definition) is 3. The molecule has 0 bridgehead atoms. The van der Waals surface area contributed by atoms with Crippen molar-refractivity contribution in [2.75, 3.05) is 13.2 Å². The Labute approximate surface area is 133 Å². The summed E-state index contributed by atoms with van der Waals surface area (Å²) in [5.74, 6) is 0. The summed E-state index contributed by atoms with van der Waals surface area (Å²) in [6.07, 6.45) is 2.65. The number of ether oxygens (including phenoxy) is 1. The lowest BCUT2D eigenvalue weighted by molar-refractivity contribution is 0.166. The average Bonchev–Trinajstić information content (AvgIpc) is 2.52. The van der Waals surface area contributed by atoms with E-state index in [-0.39, 0.29) is 0 Å². The molecule has 2 aromatic carbocycles. The minimum absolute atomic E-state index is 0.594. The van der Waals surface area contributed by atoms with Crippen molar-refractivity contribution >= 4 is 43.7 Å². The normalized spacial score (nSPS) is 11.0. The predicted molar refractivity (Wildman–Crippen MR) is 94.9 cm³/mol. The fraction of sp³-hybridized carbons (Fsp3) is 0.167. The van der Waals surface area contributed by atoms with E-state index in [9.17, 15) is 0 Å². The van der Waals surface area contributed by atoms with Gasteiger partial charge in [-0.05, 0) is 24.1 Å². The second kappa shape index (κ2) is 6.48. The van der Waals surface area contributed by atoms with Crippen LogP contribution in [0.3, 0.4) is 0 Å². The van der Waals surface area contributed by atoms with Crippen molar-refractivity contribution in [3.8, 4) is 0 Å². The Bertz CT molecular complexity index is 849. The molecule has 1 aromatic heterocycles. The van der Waals surface area contributed by atoms with Gasteiger partial charge in [-0.25, -0.2) is 0 Å². The third kappa shape index (κ3) is 2.91. The van der Waals surface area contributed by atoms with Crippen molar-refractivity contribution in [1.82, 2.24) is 0 Å². The summed E-state index contributed by atoms with van der Waals surface area (Å²) < 4.78 is 8.97. The molecule has 0 N–H and O–H groups in total. The van der Waals surface area contributed by atoms with Crippen LogP contribution in [0, 0.1) is 4.51 Å². The third-order valence-corrected chi connectivity index (χ3v) is 5.00. The molecule has 0 aliphatic heterocycles. The largest absolute Gasteiger partial charge is 0.377 e. The molecule has 3 aromatic rings. The van der Waals surface area contributed by atoms with Gasteiger partial charge in [0.2, 0.25) is 0 Å². The molecule has 0 aliphatic carbocycles. The van der Waals surface area contributed by atoms with Crippen molar-refractivity contribution in [3.63, 3.8) is 0 Å². The van der Waals surface area contributed by atoms with Crippen LogP contribution in [0.25, 0.3) is 20.2 Å². The summed E-state index contributed by atoms with van der Waals surface area (Å²) in [6.45, 7) is 4.95. The lowest BCUT2D eigenvalue weighted by atomic mass is 10.1. The highest BCUT2D eigenvalue weighted by molar-refractivity contribution is 7.72. The van der Waals surface area contributed by atoms with Crippen molar-refractivity contribution in [2.24, 2.45) is 0 Å². The van der Waals surface area contributed by atoms with Gasteiger partial charge in [-0.3, -0.25) is 0 Å². The topological polar surface area (TPSA) is 9.23 Å². The van der Waals surface area contributed by atoms with Crippen LogP contribution < -0.4 is 0 Å². The summed E-state index contributed by atoms with van der Waals surface area (Å²) >= 11 is 7.53. The van der Waals surface area contributed by atoms with Crippen LogP contribution in [0.15, 0.2) is 55.1 Å². The van der Waals surface area contributed by atoms with Gasteiger partial charge in [-0.1, -0.05) is 48.6 Å². The zero-order valence-electron chi connectivity index (χ0n) is 11.7. The number of rotatable bonds is 5. The van der Waals surface area contributed by atoms with Crippen LogP contribution in [0.4, 0.5) is 0 Å². The highest BCUT2D eigenvalue weighted by atomic mass is 32.1. The molecule has 3 rings (SSSR count). The van der Waals surface area contributed by atoms with Gasteiger partial charge < -0.3 is 4.74 Å². The summed E-state index contributed by atoms with van der Waals surface area (Å²) in [4.78, 5) is 0. The maximum atomic E-state index is 5.73. The molecule has 21 heavy (non-hydrogen) atoms. The smallest absolute Gasteiger partial charge is 0.0644 e. The van der Waals surface area contributed by atoms with Crippen LogP contribution in [-0.4, -0.2) is 13.2 Å². The van der Waals surface area contributed by atoms with Gasteiger partial charge in [0, 0.05) is 20.2 Å². The van der Waals surface area contributed by atoms with E-state index >= 15 is 0 Å². The van der Waals surface area contributed by atoms with Gasteiger partial charge in [0.15, 0.2) is 0 Å².